The molecule has 0 aliphatic heterocycles. The van der Waals surface area contributed by atoms with Crippen molar-refractivity contribution in [2.75, 3.05) is 11.1 Å². The number of benzene rings is 1. The molecule has 2 rings (SSSR count). The summed E-state index contributed by atoms with van der Waals surface area (Å²) in [5, 5.41) is 3.33. The Morgan fingerprint density at radius 1 is 1.57 bits per heavy atom. The van der Waals surface area contributed by atoms with E-state index in [0.717, 1.165) is 12.1 Å². The van der Waals surface area contributed by atoms with Gasteiger partial charge in [0, 0.05) is 12.1 Å². The van der Waals surface area contributed by atoms with Crippen molar-refractivity contribution in [3.05, 3.63) is 23.0 Å². The minimum absolute atomic E-state index is 0.106. The van der Waals surface area contributed by atoms with Crippen LogP contribution in [0.25, 0.3) is 0 Å². The Morgan fingerprint density at radius 2 is 2.21 bits per heavy atom. The molecule has 1 aliphatic rings. The molecule has 1 aromatic rings. The first-order chi connectivity index (χ1) is 6.58. The molecular weight excluding hydrogens is 203 g/mol. The van der Waals surface area contributed by atoms with Crippen LogP contribution in [0, 0.1) is 11.7 Å². The van der Waals surface area contributed by atoms with Crippen LogP contribution in [0.4, 0.5) is 15.8 Å². The van der Waals surface area contributed by atoms with Crippen LogP contribution in [0.1, 0.15) is 13.3 Å². The summed E-state index contributed by atoms with van der Waals surface area (Å²) in [4.78, 5) is 0. The van der Waals surface area contributed by atoms with Gasteiger partial charge < -0.3 is 11.1 Å². The lowest BCUT2D eigenvalue weighted by molar-refractivity contribution is 0.629. The van der Waals surface area contributed by atoms with Crippen molar-refractivity contribution in [2.24, 2.45) is 5.92 Å². The molecule has 1 aliphatic carbocycles. The number of nitrogen functional groups attached to an aromatic ring is 1. The molecule has 0 aromatic heterocycles. The molecule has 0 heterocycles. The van der Waals surface area contributed by atoms with Gasteiger partial charge in [-0.05, 0) is 18.4 Å². The Labute approximate surface area is 87.2 Å². The van der Waals surface area contributed by atoms with Gasteiger partial charge >= 0.3 is 0 Å². The van der Waals surface area contributed by atoms with E-state index < -0.39 is 5.82 Å². The van der Waals surface area contributed by atoms with Crippen molar-refractivity contribution in [2.45, 2.75) is 19.4 Å². The first-order valence-electron chi connectivity index (χ1n) is 4.59. The van der Waals surface area contributed by atoms with Gasteiger partial charge in [0.25, 0.3) is 0 Å². The van der Waals surface area contributed by atoms with Gasteiger partial charge in [-0.25, -0.2) is 4.39 Å². The third-order valence-electron chi connectivity index (χ3n) is 2.54. The lowest BCUT2D eigenvalue weighted by atomic mass is 10.2. The van der Waals surface area contributed by atoms with E-state index in [4.69, 9.17) is 17.3 Å². The molecule has 0 bridgehead atoms. The van der Waals surface area contributed by atoms with Crippen molar-refractivity contribution >= 4 is 23.0 Å². The Morgan fingerprint density at radius 3 is 2.79 bits per heavy atom. The van der Waals surface area contributed by atoms with E-state index >= 15 is 0 Å². The molecule has 3 N–H and O–H groups in total. The second kappa shape index (κ2) is 3.31. The Bertz CT molecular complexity index is 367. The number of rotatable bonds is 2. The van der Waals surface area contributed by atoms with Gasteiger partial charge in [-0.2, -0.15) is 0 Å². The average molecular weight is 215 g/mol. The molecule has 14 heavy (non-hydrogen) atoms. The highest BCUT2D eigenvalue weighted by atomic mass is 35.5. The monoisotopic (exact) mass is 214 g/mol. The highest BCUT2D eigenvalue weighted by Crippen LogP contribution is 2.35. The van der Waals surface area contributed by atoms with Crippen LogP contribution < -0.4 is 11.1 Å². The largest absolute Gasteiger partial charge is 0.397 e. The number of hydrogen-bond donors (Lipinski definition) is 2. The molecule has 2 atom stereocenters. The van der Waals surface area contributed by atoms with Crippen LogP contribution in [-0.2, 0) is 0 Å². The van der Waals surface area contributed by atoms with E-state index in [9.17, 15) is 4.39 Å². The summed E-state index contributed by atoms with van der Waals surface area (Å²) in [5.41, 5.74) is 6.79. The number of hydrogen-bond acceptors (Lipinski definition) is 2. The third-order valence-corrected chi connectivity index (χ3v) is 2.83. The summed E-state index contributed by atoms with van der Waals surface area (Å²) in [6.45, 7) is 2.15. The molecule has 1 aromatic carbocycles. The molecule has 0 radical (unpaired) electrons. The third kappa shape index (κ3) is 1.77. The summed E-state index contributed by atoms with van der Waals surface area (Å²) < 4.78 is 12.9. The fourth-order valence-electron chi connectivity index (χ4n) is 1.41. The van der Waals surface area contributed by atoms with Crippen LogP contribution in [0.2, 0.25) is 5.02 Å². The van der Waals surface area contributed by atoms with E-state index in [2.05, 4.69) is 12.2 Å². The molecular formula is C10H12ClFN2. The molecule has 1 saturated carbocycles. The lowest BCUT2D eigenvalue weighted by Crippen LogP contribution is -2.06. The Balaban J connectivity index is 2.20. The fraction of sp³-hybridized carbons (Fsp3) is 0.400. The van der Waals surface area contributed by atoms with E-state index in [1.807, 2.05) is 0 Å². The smallest absolute Gasteiger partial charge is 0.143 e. The van der Waals surface area contributed by atoms with E-state index in [-0.39, 0.29) is 5.02 Å². The zero-order valence-corrected chi connectivity index (χ0v) is 8.61. The van der Waals surface area contributed by atoms with Crippen molar-refractivity contribution in [1.29, 1.82) is 0 Å². The number of halogens is 2. The topological polar surface area (TPSA) is 38.0 Å². The minimum Gasteiger partial charge on any atom is -0.397 e. The van der Waals surface area contributed by atoms with Crippen LogP contribution in [-0.4, -0.2) is 6.04 Å². The fourth-order valence-corrected chi connectivity index (χ4v) is 1.57. The summed E-state index contributed by atoms with van der Waals surface area (Å²) in [7, 11) is 0. The molecule has 1 fully saturated rings. The standard InChI is InChI=1S/C10H12ClFN2/c1-5-2-9(5)14-10-3-6(11)7(12)4-8(10)13/h3-5,9,14H,2,13H2,1H3. The second-order valence-corrected chi connectivity index (χ2v) is 4.22. The lowest BCUT2D eigenvalue weighted by Gasteiger charge is -2.09. The van der Waals surface area contributed by atoms with Crippen molar-refractivity contribution < 1.29 is 4.39 Å². The average Bonchev–Trinajstić information content (AvgIpc) is 2.78. The van der Waals surface area contributed by atoms with Gasteiger partial charge in [0.05, 0.1) is 16.4 Å². The summed E-state index contributed by atoms with van der Waals surface area (Å²) >= 11 is 5.66. The second-order valence-electron chi connectivity index (χ2n) is 3.82. The van der Waals surface area contributed by atoms with Gasteiger partial charge in [-0.3, -0.25) is 0 Å². The van der Waals surface area contributed by atoms with E-state index in [1.54, 1.807) is 0 Å². The molecule has 0 saturated heterocycles. The Kier molecular flexibility index (Phi) is 2.27. The molecule has 0 spiro atoms. The number of nitrogens with two attached hydrogens (primary N) is 1. The predicted molar refractivity (Wildman–Crippen MR) is 57.0 cm³/mol. The van der Waals surface area contributed by atoms with Crippen molar-refractivity contribution in [3.63, 3.8) is 0 Å². The van der Waals surface area contributed by atoms with Crippen LogP contribution in [0.3, 0.4) is 0 Å². The van der Waals surface area contributed by atoms with E-state index in [1.165, 1.54) is 12.1 Å². The molecule has 0 amide bonds. The highest BCUT2D eigenvalue weighted by Gasteiger charge is 2.32. The van der Waals surface area contributed by atoms with Crippen LogP contribution in [0.15, 0.2) is 12.1 Å². The van der Waals surface area contributed by atoms with Gasteiger partial charge in [0.15, 0.2) is 0 Å². The van der Waals surface area contributed by atoms with Gasteiger partial charge in [-0.15, -0.1) is 0 Å². The first kappa shape index (κ1) is 9.59. The molecule has 76 valence electrons. The van der Waals surface area contributed by atoms with Gasteiger partial charge in [0.2, 0.25) is 0 Å². The molecule has 2 unspecified atom stereocenters. The van der Waals surface area contributed by atoms with Gasteiger partial charge in [-0.1, -0.05) is 18.5 Å². The van der Waals surface area contributed by atoms with Crippen molar-refractivity contribution in [3.8, 4) is 0 Å². The van der Waals surface area contributed by atoms with Gasteiger partial charge in [0.1, 0.15) is 5.82 Å². The molecule has 2 nitrogen and oxygen atoms in total. The highest BCUT2D eigenvalue weighted by molar-refractivity contribution is 6.31. The van der Waals surface area contributed by atoms with Crippen LogP contribution >= 0.6 is 11.6 Å². The van der Waals surface area contributed by atoms with E-state index in [0.29, 0.717) is 17.6 Å². The number of nitrogens with one attached hydrogen (secondary N) is 1. The SMILES string of the molecule is CC1CC1Nc1cc(Cl)c(F)cc1N. The normalized spacial score (nSPS) is 24.8. The minimum atomic E-state index is -0.474. The van der Waals surface area contributed by atoms with Crippen molar-refractivity contribution in [1.82, 2.24) is 0 Å². The maximum absolute atomic E-state index is 12.9. The van der Waals surface area contributed by atoms with Crippen LogP contribution in [0.5, 0.6) is 0 Å². The number of anilines is 2. The maximum atomic E-state index is 12.9. The summed E-state index contributed by atoms with van der Waals surface area (Å²) in [6, 6.07) is 3.24. The predicted octanol–water partition coefficient (Wildman–Crippen LogP) is 2.88. The summed E-state index contributed by atoms with van der Waals surface area (Å²) in [6.07, 6.45) is 1.13. The zero-order chi connectivity index (χ0) is 10.3. The maximum Gasteiger partial charge on any atom is 0.143 e. The first-order valence-corrected chi connectivity index (χ1v) is 4.97. The molecule has 4 heteroatoms. The Hall–Kier alpha value is -0.960. The summed E-state index contributed by atoms with van der Waals surface area (Å²) in [5.74, 6) is 0.191. The quantitative estimate of drug-likeness (QED) is 0.743. The zero-order valence-electron chi connectivity index (χ0n) is 7.85.